The molecule has 0 aliphatic carbocycles. The molecule has 0 bridgehead atoms. The van der Waals surface area contributed by atoms with Gasteiger partial charge >= 0.3 is 5.69 Å². The fraction of sp³-hybridized carbons (Fsp3) is 0.688. The zero-order valence-corrected chi connectivity index (χ0v) is 13.7. The highest BCUT2D eigenvalue weighted by Gasteiger charge is 2.29. The zero-order chi connectivity index (χ0) is 17.1. The number of aliphatic hydroxyl groups is 1. The van der Waals surface area contributed by atoms with Crippen LogP contribution in [0.1, 0.15) is 31.2 Å². The van der Waals surface area contributed by atoms with Gasteiger partial charge in [0.25, 0.3) is 5.56 Å². The van der Waals surface area contributed by atoms with Gasteiger partial charge in [0.05, 0.1) is 12.5 Å². The molecular weight excluding hydrogens is 312 g/mol. The summed E-state index contributed by atoms with van der Waals surface area (Å²) in [6, 6.07) is 0.470. The van der Waals surface area contributed by atoms with E-state index < -0.39 is 11.2 Å². The monoisotopic (exact) mass is 336 g/mol. The minimum absolute atomic E-state index is 0.00663. The van der Waals surface area contributed by atoms with Crippen molar-refractivity contribution in [2.24, 2.45) is 0 Å². The molecule has 2 aliphatic rings. The fourth-order valence-electron chi connectivity index (χ4n) is 3.58. The Labute approximate surface area is 139 Å². The van der Waals surface area contributed by atoms with Gasteiger partial charge in [0.15, 0.2) is 0 Å². The minimum Gasteiger partial charge on any atom is -0.393 e. The molecule has 0 spiro atoms. The first-order valence-corrected chi connectivity index (χ1v) is 8.53. The second-order valence-electron chi connectivity index (χ2n) is 6.65. The third kappa shape index (κ3) is 3.93. The molecule has 3 N–H and O–H groups in total. The van der Waals surface area contributed by atoms with E-state index in [1.165, 1.54) is 6.20 Å². The number of aliphatic hydroxyl groups excluding tert-OH is 1. The number of amides is 1. The van der Waals surface area contributed by atoms with Crippen molar-refractivity contribution in [3.63, 3.8) is 0 Å². The van der Waals surface area contributed by atoms with Crippen LogP contribution in [0, 0.1) is 0 Å². The number of aromatic nitrogens is 2. The summed E-state index contributed by atoms with van der Waals surface area (Å²) in [5.41, 5.74) is -0.788. The van der Waals surface area contributed by atoms with Crippen molar-refractivity contribution >= 4 is 5.91 Å². The molecule has 0 aromatic carbocycles. The molecule has 0 atom stereocenters. The molecule has 2 fully saturated rings. The Hall–Kier alpha value is -1.93. The highest BCUT2D eigenvalue weighted by Crippen LogP contribution is 2.21. The second kappa shape index (κ2) is 7.31. The minimum atomic E-state index is -0.566. The topological polar surface area (TPSA) is 109 Å². The lowest BCUT2D eigenvalue weighted by Crippen LogP contribution is -2.50. The Balaban J connectivity index is 1.51. The van der Waals surface area contributed by atoms with E-state index in [9.17, 15) is 19.5 Å². The quantitative estimate of drug-likeness (QED) is 0.659. The highest BCUT2D eigenvalue weighted by atomic mass is 16.3. The van der Waals surface area contributed by atoms with E-state index in [2.05, 4.69) is 14.9 Å². The number of likely N-dealkylation sites (tertiary alicyclic amines) is 2. The van der Waals surface area contributed by atoms with Crippen molar-refractivity contribution in [1.82, 2.24) is 19.8 Å². The molecule has 132 valence electrons. The van der Waals surface area contributed by atoms with Gasteiger partial charge in [-0.2, -0.15) is 0 Å². The van der Waals surface area contributed by atoms with Crippen LogP contribution in [0.3, 0.4) is 0 Å². The van der Waals surface area contributed by atoms with Crippen LogP contribution in [-0.4, -0.2) is 69.1 Å². The molecule has 2 aliphatic heterocycles. The number of carbonyl (C=O) groups is 1. The maximum atomic E-state index is 12.4. The number of hydrogen-bond acceptors (Lipinski definition) is 5. The molecule has 0 radical (unpaired) electrons. The third-order valence-corrected chi connectivity index (χ3v) is 5.07. The van der Waals surface area contributed by atoms with Gasteiger partial charge < -0.3 is 19.9 Å². The molecule has 0 saturated carbocycles. The number of nitrogens with zero attached hydrogens (tertiary/aromatic N) is 2. The number of aromatic amines is 2. The fourth-order valence-corrected chi connectivity index (χ4v) is 3.58. The van der Waals surface area contributed by atoms with Crippen LogP contribution < -0.4 is 11.2 Å². The number of carbonyl (C=O) groups excluding carboxylic acids is 1. The first kappa shape index (κ1) is 16.9. The lowest BCUT2D eigenvalue weighted by molar-refractivity contribution is -0.132. The normalized spacial score (nSPS) is 21.1. The highest BCUT2D eigenvalue weighted by molar-refractivity contribution is 5.78. The maximum absolute atomic E-state index is 12.4. The van der Waals surface area contributed by atoms with Crippen molar-refractivity contribution in [3.8, 4) is 0 Å². The van der Waals surface area contributed by atoms with Gasteiger partial charge in [-0.25, -0.2) is 4.79 Å². The summed E-state index contributed by atoms with van der Waals surface area (Å²) in [6.07, 6.45) is 4.64. The van der Waals surface area contributed by atoms with Crippen molar-refractivity contribution < 1.29 is 9.90 Å². The van der Waals surface area contributed by atoms with Crippen molar-refractivity contribution in [2.75, 3.05) is 26.2 Å². The summed E-state index contributed by atoms with van der Waals surface area (Å²) < 4.78 is 0. The van der Waals surface area contributed by atoms with Gasteiger partial charge in [-0.15, -0.1) is 0 Å². The molecule has 1 aromatic heterocycles. The van der Waals surface area contributed by atoms with Crippen LogP contribution in [0.2, 0.25) is 0 Å². The number of nitrogens with one attached hydrogen (secondary N) is 2. The largest absolute Gasteiger partial charge is 0.393 e. The molecule has 0 unspecified atom stereocenters. The first-order chi connectivity index (χ1) is 11.5. The predicted octanol–water partition coefficient (Wildman–Crippen LogP) is -0.947. The van der Waals surface area contributed by atoms with Gasteiger partial charge in [0.2, 0.25) is 5.91 Å². The van der Waals surface area contributed by atoms with Crippen LogP contribution in [0.5, 0.6) is 0 Å². The first-order valence-electron chi connectivity index (χ1n) is 8.53. The van der Waals surface area contributed by atoms with E-state index in [4.69, 9.17) is 0 Å². The Bertz CT molecular complexity index is 682. The van der Waals surface area contributed by atoms with Gasteiger partial charge in [-0.05, 0) is 25.7 Å². The molecular formula is C16H24N4O4. The molecule has 1 aromatic rings. The molecule has 8 nitrogen and oxygen atoms in total. The second-order valence-corrected chi connectivity index (χ2v) is 6.65. The summed E-state index contributed by atoms with van der Waals surface area (Å²) in [4.78, 5) is 43.8. The Morgan fingerprint density at radius 2 is 1.79 bits per heavy atom. The predicted molar refractivity (Wildman–Crippen MR) is 87.8 cm³/mol. The Morgan fingerprint density at radius 3 is 2.42 bits per heavy atom. The van der Waals surface area contributed by atoms with Crippen LogP contribution in [-0.2, 0) is 11.2 Å². The Kier molecular flexibility index (Phi) is 5.15. The molecule has 2 saturated heterocycles. The number of rotatable bonds is 3. The SMILES string of the molecule is O=C(Cc1c[nH]c(=O)[nH]c1=O)N1CCC(N2CCC(O)CC2)CC1. The lowest BCUT2D eigenvalue weighted by Gasteiger charge is -2.41. The lowest BCUT2D eigenvalue weighted by atomic mass is 9.98. The van der Waals surface area contributed by atoms with Crippen molar-refractivity contribution in [1.29, 1.82) is 0 Å². The van der Waals surface area contributed by atoms with E-state index in [-0.39, 0.29) is 24.0 Å². The van der Waals surface area contributed by atoms with E-state index in [0.717, 1.165) is 38.8 Å². The molecule has 1 amide bonds. The zero-order valence-electron chi connectivity index (χ0n) is 13.7. The molecule has 3 rings (SSSR count). The van der Waals surface area contributed by atoms with Gasteiger partial charge in [-0.1, -0.05) is 0 Å². The van der Waals surface area contributed by atoms with Gasteiger partial charge in [0, 0.05) is 44.0 Å². The van der Waals surface area contributed by atoms with E-state index in [1.54, 1.807) is 4.90 Å². The van der Waals surface area contributed by atoms with Crippen molar-refractivity contribution in [3.05, 3.63) is 32.6 Å². The van der Waals surface area contributed by atoms with Crippen LogP contribution in [0.4, 0.5) is 0 Å². The smallest absolute Gasteiger partial charge is 0.325 e. The number of hydrogen-bond donors (Lipinski definition) is 3. The number of piperidine rings is 2. The van der Waals surface area contributed by atoms with E-state index in [0.29, 0.717) is 19.1 Å². The van der Waals surface area contributed by atoms with Crippen LogP contribution >= 0.6 is 0 Å². The third-order valence-electron chi connectivity index (χ3n) is 5.07. The van der Waals surface area contributed by atoms with Crippen LogP contribution in [0.15, 0.2) is 15.8 Å². The molecule has 24 heavy (non-hydrogen) atoms. The molecule has 3 heterocycles. The van der Waals surface area contributed by atoms with E-state index >= 15 is 0 Å². The summed E-state index contributed by atoms with van der Waals surface area (Å²) in [7, 11) is 0. The average molecular weight is 336 g/mol. The van der Waals surface area contributed by atoms with Crippen LogP contribution in [0.25, 0.3) is 0 Å². The molecule has 8 heteroatoms. The van der Waals surface area contributed by atoms with Gasteiger partial charge in [0.1, 0.15) is 0 Å². The van der Waals surface area contributed by atoms with Gasteiger partial charge in [-0.3, -0.25) is 14.6 Å². The maximum Gasteiger partial charge on any atom is 0.325 e. The standard InChI is InChI=1S/C16H24N4O4/c21-13-3-7-19(8-4-13)12-1-5-20(6-2-12)14(22)9-11-10-17-16(24)18-15(11)23/h10,12-13,21H,1-9H2,(H2,17,18,23,24). The summed E-state index contributed by atoms with van der Waals surface area (Å²) >= 11 is 0. The summed E-state index contributed by atoms with van der Waals surface area (Å²) in [5, 5.41) is 9.59. The summed E-state index contributed by atoms with van der Waals surface area (Å²) in [6.45, 7) is 3.21. The number of H-pyrrole nitrogens is 2. The van der Waals surface area contributed by atoms with Crippen molar-refractivity contribution in [2.45, 2.75) is 44.2 Å². The average Bonchev–Trinajstić information content (AvgIpc) is 2.58. The Morgan fingerprint density at radius 1 is 1.12 bits per heavy atom. The van der Waals surface area contributed by atoms with E-state index in [1.807, 2.05) is 0 Å². The summed E-state index contributed by atoms with van der Waals surface area (Å²) in [5.74, 6) is -0.0833.